The molecule has 0 amide bonds. The third kappa shape index (κ3) is 2.62. The molecule has 0 saturated heterocycles. The van der Waals surface area contributed by atoms with Crippen molar-refractivity contribution in [2.24, 2.45) is 0 Å². The molecule has 0 saturated carbocycles. The molecule has 4 heteroatoms. The van der Waals surface area contributed by atoms with Crippen LogP contribution >= 0.6 is 11.3 Å². The van der Waals surface area contributed by atoms with Crippen molar-refractivity contribution in [2.45, 2.75) is 51.6 Å². The van der Waals surface area contributed by atoms with Gasteiger partial charge in [-0.3, -0.25) is 0 Å². The molecular weight excluding hydrogens is 220 g/mol. The molecule has 2 N–H and O–H groups in total. The van der Waals surface area contributed by atoms with Crippen LogP contribution in [0, 0.1) is 0 Å². The summed E-state index contributed by atoms with van der Waals surface area (Å²) in [5.41, 5.74) is 1.32. The molecule has 1 aliphatic rings. The number of rotatable bonds is 5. The molecule has 2 atom stereocenters. The Kier molecular flexibility index (Phi) is 3.95. The minimum atomic E-state index is 0.245. The number of nitrogens with one attached hydrogen (secondary N) is 1. The monoisotopic (exact) mass is 240 g/mol. The van der Waals surface area contributed by atoms with Crippen LogP contribution in [0.1, 0.15) is 48.3 Å². The van der Waals surface area contributed by atoms with Gasteiger partial charge >= 0.3 is 0 Å². The van der Waals surface area contributed by atoms with E-state index in [1.165, 1.54) is 28.4 Å². The molecule has 1 aromatic heterocycles. The normalized spacial score (nSPS) is 18.4. The smallest absolute Gasteiger partial charge is 0.110 e. The summed E-state index contributed by atoms with van der Waals surface area (Å²) in [6, 6.07) is 0.649. The van der Waals surface area contributed by atoms with E-state index in [2.05, 4.69) is 19.2 Å². The van der Waals surface area contributed by atoms with E-state index in [0.29, 0.717) is 12.1 Å². The van der Waals surface area contributed by atoms with E-state index in [4.69, 9.17) is 10.1 Å². The van der Waals surface area contributed by atoms with Crippen LogP contribution in [0.4, 0.5) is 0 Å². The van der Waals surface area contributed by atoms with Crippen molar-refractivity contribution in [2.75, 3.05) is 6.61 Å². The van der Waals surface area contributed by atoms with E-state index in [0.717, 1.165) is 12.8 Å². The number of hydrogen-bond acceptors (Lipinski definition) is 4. The summed E-state index contributed by atoms with van der Waals surface area (Å²) in [7, 11) is 0. The van der Waals surface area contributed by atoms with Gasteiger partial charge in [-0.15, -0.1) is 11.3 Å². The van der Waals surface area contributed by atoms with Gasteiger partial charge in [-0.05, 0) is 39.5 Å². The van der Waals surface area contributed by atoms with Crippen molar-refractivity contribution >= 4 is 11.3 Å². The molecule has 0 bridgehead atoms. The van der Waals surface area contributed by atoms with Gasteiger partial charge in [0.05, 0.1) is 11.7 Å². The second kappa shape index (κ2) is 5.25. The molecule has 0 fully saturated rings. The Hall–Kier alpha value is -0.450. The van der Waals surface area contributed by atoms with Crippen LogP contribution in [0.25, 0.3) is 0 Å². The van der Waals surface area contributed by atoms with Gasteiger partial charge in [-0.1, -0.05) is 0 Å². The van der Waals surface area contributed by atoms with Gasteiger partial charge in [0, 0.05) is 17.5 Å². The first-order valence-corrected chi connectivity index (χ1v) is 6.87. The summed E-state index contributed by atoms with van der Waals surface area (Å²) >= 11 is 1.85. The lowest BCUT2D eigenvalue weighted by atomic mass is 10.2. The van der Waals surface area contributed by atoms with Crippen LogP contribution in [-0.2, 0) is 12.8 Å². The number of nitrogens with zero attached hydrogens (tertiary/aromatic N) is 1. The minimum absolute atomic E-state index is 0.245. The highest BCUT2D eigenvalue weighted by molar-refractivity contribution is 7.11. The molecule has 0 aliphatic heterocycles. The summed E-state index contributed by atoms with van der Waals surface area (Å²) in [4.78, 5) is 6.18. The maximum Gasteiger partial charge on any atom is 0.110 e. The van der Waals surface area contributed by atoms with Crippen molar-refractivity contribution in [3.63, 3.8) is 0 Å². The fourth-order valence-electron chi connectivity index (χ4n) is 2.17. The van der Waals surface area contributed by atoms with Gasteiger partial charge in [0.2, 0.25) is 0 Å². The Morgan fingerprint density at radius 2 is 2.25 bits per heavy atom. The quantitative estimate of drug-likeness (QED) is 0.828. The van der Waals surface area contributed by atoms with Gasteiger partial charge in [-0.25, -0.2) is 4.98 Å². The molecule has 2 unspecified atom stereocenters. The molecular formula is C12H20N2OS. The molecule has 90 valence electrons. The number of aryl methyl sites for hydroxylation is 2. The van der Waals surface area contributed by atoms with Crippen LogP contribution in [0.5, 0.6) is 0 Å². The van der Waals surface area contributed by atoms with Gasteiger partial charge in [-0.2, -0.15) is 0 Å². The van der Waals surface area contributed by atoms with E-state index in [-0.39, 0.29) is 6.61 Å². The van der Waals surface area contributed by atoms with Crippen LogP contribution < -0.4 is 5.32 Å². The van der Waals surface area contributed by atoms with Crippen molar-refractivity contribution in [3.05, 3.63) is 15.6 Å². The average molecular weight is 240 g/mol. The Morgan fingerprint density at radius 1 is 1.44 bits per heavy atom. The molecule has 0 radical (unpaired) electrons. The highest BCUT2D eigenvalue weighted by Gasteiger charge is 2.20. The summed E-state index contributed by atoms with van der Waals surface area (Å²) in [5, 5.41) is 13.5. The van der Waals surface area contributed by atoms with Crippen LogP contribution in [-0.4, -0.2) is 22.7 Å². The highest BCUT2D eigenvalue weighted by atomic mass is 32.1. The zero-order valence-corrected chi connectivity index (χ0v) is 10.8. The van der Waals surface area contributed by atoms with Crippen LogP contribution in [0.3, 0.4) is 0 Å². The lowest BCUT2D eigenvalue weighted by Crippen LogP contribution is -2.29. The number of fused-ring (bicyclic) bond motifs is 1. The molecule has 3 nitrogen and oxygen atoms in total. The number of aliphatic hydroxyl groups excluding tert-OH is 1. The fraction of sp³-hybridized carbons (Fsp3) is 0.750. The van der Waals surface area contributed by atoms with Gasteiger partial charge < -0.3 is 10.4 Å². The van der Waals surface area contributed by atoms with Crippen molar-refractivity contribution in [3.8, 4) is 0 Å². The third-order valence-electron chi connectivity index (χ3n) is 3.08. The Labute approximate surface area is 101 Å². The maximum atomic E-state index is 8.86. The molecule has 2 rings (SSSR count). The van der Waals surface area contributed by atoms with Crippen molar-refractivity contribution in [1.82, 2.24) is 10.3 Å². The number of hydrogen-bond donors (Lipinski definition) is 2. The first-order valence-electron chi connectivity index (χ1n) is 6.06. The Balaban J connectivity index is 1.95. The standard InChI is InChI=1S/C12H20N2OS/c1-8(6-7-15)13-9(2)12-14-10-4-3-5-11(10)16-12/h8-9,13,15H,3-7H2,1-2H3. The molecule has 1 aliphatic carbocycles. The topological polar surface area (TPSA) is 45.1 Å². The van der Waals surface area contributed by atoms with Crippen molar-refractivity contribution < 1.29 is 5.11 Å². The van der Waals surface area contributed by atoms with Crippen LogP contribution in [0.15, 0.2) is 0 Å². The molecule has 0 spiro atoms. The second-order valence-corrected chi connectivity index (χ2v) is 5.69. The number of thiazole rings is 1. The third-order valence-corrected chi connectivity index (χ3v) is 4.42. The van der Waals surface area contributed by atoms with Gasteiger partial charge in [0.1, 0.15) is 5.01 Å². The SMILES string of the molecule is CC(CCO)NC(C)c1nc2c(s1)CCC2. The highest BCUT2D eigenvalue weighted by Crippen LogP contribution is 2.30. The lowest BCUT2D eigenvalue weighted by Gasteiger charge is -2.17. The lowest BCUT2D eigenvalue weighted by molar-refractivity contribution is 0.264. The summed E-state index contributed by atoms with van der Waals surface area (Å²) in [6.45, 7) is 4.51. The van der Waals surface area contributed by atoms with E-state index in [9.17, 15) is 0 Å². The molecule has 1 heterocycles. The zero-order chi connectivity index (χ0) is 11.5. The maximum absolute atomic E-state index is 8.86. The summed E-state index contributed by atoms with van der Waals surface area (Å²) < 4.78 is 0. The number of aliphatic hydroxyl groups is 1. The van der Waals surface area contributed by atoms with Gasteiger partial charge in [0.25, 0.3) is 0 Å². The zero-order valence-electron chi connectivity index (χ0n) is 9.99. The molecule has 1 aromatic rings. The predicted octanol–water partition coefficient (Wildman–Crippen LogP) is 2.05. The fourth-order valence-corrected chi connectivity index (χ4v) is 3.34. The van der Waals surface area contributed by atoms with E-state index < -0.39 is 0 Å². The second-order valence-electron chi connectivity index (χ2n) is 4.58. The van der Waals surface area contributed by atoms with Crippen molar-refractivity contribution in [1.29, 1.82) is 0 Å². The van der Waals surface area contributed by atoms with Gasteiger partial charge in [0.15, 0.2) is 0 Å². The van der Waals surface area contributed by atoms with E-state index >= 15 is 0 Å². The minimum Gasteiger partial charge on any atom is -0.396 e. The first-order chi connectivity index (χ1) is 7.70. The van der Waals surface area contributed by atoms with E-state index in [1.54, 1.807) is 0 Å². The Bertz CT molecular complexity index is 329. The van der Waals surface area contributed by atoms with E-state index in [1.807, 2.05) is 11.3 Å². The molecule has 0 aromatic carbocycles. The predicted molar refractivity (Wildman–Crippen MR) is 66.9 cm³/mol. The summed E-state index contributed by atoms with van der Waals surface area (Å²) in [5.74, 6) is 0. The van der Waals surface area contributed by atoms with Crippen LogP contribution in [0.2, 0.25) is 0 Å². The first kappa shape index (κ1) is 12.0. The largest absolute Gasteiger partial charge is 0.396 e. The number of aromatic nitrogens is 1. The Morgan fingerprint density at radius 3 is 2.94 bits per heavy atom. The average Bonchev–Trinajstić information content (AvgIpc) is 2.76. The summed E-state index contributed by atoms with van der Waals surface area (Å²) in [6.07, 6.45) is 4.45. The molecule has 16 heavy (non-hydrogen) atoms.